The molecule has 1 aromatic carbocycles. The van der Waals surface area contributed by atoms with Crippen molar-refractivity contribution in [1.29, 1.82) is 0 Å². The number of aliphatic imine (C=N–C) groups is 1. The summed E-state index contributed by atoms with van der Waals surface area (Å²) >= 11 is 3.63. The highest BCUT2D eigenvalue weighted by atomic mass is 127. The average Bonchev–Trinajstić information content (AvgIpc) is 2.99. The molecular weight excluding hydrogens is 503 g/mol. The predicted molar refractivity (Wildman–Crippen MR) is 133 cm³/mol. The summed E-state index contributed by atoms with van der Waals surface area (Å²) in [6.07, 6.45) is 5.34. The zero-order valence-electron chi connectivity index (χ0n) is 17.3. The van der Waals surface area contributed by atoms with Crippen LogP contribution in [-0.4, -0.2) is 45.5 Å². The van der Waals surface area contributed by atoms with Gasteiger partial charge in [-0.2, -0.15) is 11.8 Å². The molecule has 0 spiro atoms. The third-order valence-corrected chi connectivity index (χ3v) is 5.78. The predicted octanol–water partition coefficient (Wildman–Crippen LogP) is 3.76. The van der Waals surface area contributed by atoms with Crippen LogP contribution in [0.15, 0.2) is 28.1 Å². The van der Waals surface area contributed by atoms with Crippen molar-refractivity contribution < 1.29 is 0 Å². The van der Waals surface area contributed by atoms with Crippen LogP contribution >= 0.6 is 47.5 Å². The van der Waals surface area contributed by atoms with E-state index < -0.39 is 0 Å². The van der Waals surface area contributed by atoms with Gasteiger partial charge >= 0.3 is 0 Å². The summed E-state index contributed by atoms with van der Waals surface area (Å²) in [6, 6.07) is 6.53. The molecule has 0 aliphatic carbocycles. The van der Waals surface area contributed by atoms with E-state index in [2.05, 4.69) is 58.5 Å². The van der Waals surface area contributed by atoms with Crippen LogP contribution in [-0.2, 0) is 20.1 Å². The van der Waals surface area contributed by atoms with E-state index in [-0.39, 0.29) is 24.0 Å². The van der Waals surface area contributed by atoms with Crippen molar-refractivity contribution in [2.24, 2.45) is 12.0 Å². The molecule has 2 N–H and O–H groups in total. The van der Waals surface area contributed by atoms with Crippen LogP contribution < -0.4 is 10.6 Å². The highest BCUT2D eigenvalue weighted by Gasteiger charge is 2.07. The number of benzene rings is 1. The van der Waals surface area contributed by atoms with Crippen molar-refractivity contribution in [3.05, 3.63) is 41.0 Å². The molecule has 0 fully saturated rings. The van der Waals surface area contributed by atoms with Gasteiger partial charge in [-0.15, -0.1) is 45.9 Å². The van der Waals surface area contributed by atoms with Gasteiger partial charge in [-0.1, -0.05) is 12.1 Å². The molecule has 0 aliphatic heterocycles. The fraction of sp³-hybridized carbons (Fsp3) is 0.526. The first-order chi connectivity index (χ1) is 13.0. The highest BCUT2D eigenvalue weighted by Crippen LogP contribution is 2.22. The number of aromatic nitrogens is 3. The molecule has 156 valence electrons. The fourth-order valence-corrected chi connectivity index (χ4v) is 3.64. The lowest BCUT2D eigenvalue weighted by molar-refractivity contribution is 0.710. The van der Waals surface area contributed by atoms with Crippen LogP contribution in [0.3, 0.4) is 0 Å². The second-order valence-electron chi connectivity index (χ2n) is 6.33. The zero-order chi connectivity index (χ0) is 19.6. The minimum absolute atomic E-state index is 0. The van der Waals surface area contributed by atoms with E-state index >= 15 is 0 Å². The molecular formula is C19H31IN6S2. The number of nitrogens with zero attached hydrogens (tertiary/aromatic N) is 4. The van der Waals surface area contributed by atoms with Gasteiger partial charge in [0.25, 0.3) is 0 Å². The maximum Gasteiger partial charge on any atom is 0.191 e. The van der Waals surface area contributed by atoms with Crippen molar-refractivity contribution in [1.82, 2.24) is 25.4 Å². The van der Waals surface area contributed by atoms with Crippen molar-refractivity contribution in [3.8, 4) is 0 Å². The Morgan fingerprint density at radius 3 is 2.61 bits per heavy atom. The minimum Gasteiger partial charge on any atom is -0.356 e. The van der Waals surface area contributed by atoms with E-state index in [1.165, 1.54) is 16.0 Å². The summed E-state index contributed by atoms with van der Waals surface area (Å²) in [5.74, 6) is 3.75. The van der Waals surface area contributed by atoms with Crippen LogP contribution in [0.25, 0.3) is 0 Å². The van der Waals surface area contributed by atoms with E-state index in [9.17, 15) is 0 Å². The summed E-state index contributed by atoms with van der Waals surface area (Å²) in [5, 5.41) is 15.1. The molecule has 0 atom stereocenters. The van der Waals surface area contributed by atoms with E-state index in [1.54, 1.807) is 11.8 Å². The van der Waals surface area contributed by atoms with Crippen LogP contribution in [0.5, 0.6) is 0 Å². The van der Waals surface area contributed by atoms with E-state index in [0.717, 1.165) is 36.3 Å². The van der Waals surface area contributed by atoms with Gasteiger partial charge in [0.1, 0.15) is 5.82 Å². The molecule has 1 aromatic heterocycles. The van der Waals surface area contributed by atoms with Crippen LogP contribution in [0.2, 0.25) is 0 Å². The molecule has 28 heavy (non-hydrogen) atoms. The Morgan fingerprint density at radius 1 is 1.18 bits per heavy atom. The quantitative estimate of drug-likeness (QED) is 0.168. The van der Waals surface area contributed by atoms with E-state index in [0.29, 0.717) is 13.1 Å². The van der Waals surface area contributed by atoms with E-state index in [4.69, 9.17) is 4.99 Å². The average molecular weight is 535 g/mol. The Kier molecular flexibility index (Phi) is 11.9. The number of hydrogen-bond acceptors (Lipinski definition) is 5. The van der Waals surface area contributed by atoms with Crippen molar-refractivity contribution in [2.45, 2.75) is 38.3 Å². The lowest BCUT2D eigenvalue weighted by Crippen LogP contribution is -2.38. The van der Waals surface area contributed by atoms with Gasteiger partial charge in [-0.25, -0.2) is 4.99 Å². The second kappa shape index (κ2) is 13.3. The molecule has 0 bridgehead atoms. The number of hydrogen-bond donors (Lipinski definition) is 2. The summed E-state index contributed by atoms with van der Waals surface area (Å²) < 4.78 is 1.99. The monoisotopic (exact) mass is 534 g/mol. The number of nitrogens with one attached hydrogen (secondary N) is 2. The molecule has 0 unspecified atom stereocenters. The van der Waals surface area contributed by atoms with Crippen LogP contribution in [0.1, 0.15) is 29.2 Å². The lowest BCUT2D eigenvalue weighted by Gasteiger charge is -2.13. The van der Waals surface area contributed by atoms with Gasteiger partial charge < -0.3 is 15.2 Å². The number of aryl methyl sites for hydroxylation is 2. The number of rotatable bonds is 9. The summed E-state index contributed by atoms with van der Waals surface area (Å²) in [5.41, 5.74) is 2.52. The Balaban J connectivity index is 0.00000392. The van der Waals surface area contributed by atoms with Crippen molar-refractivity contribution in [3.63, 3.8) is 0 Å². The van der Waals surface area contributed by atoms with Crippen molar-refractivity contribution in [2.75, 3.05) is 24.8 Å². The molecule has 2 aromatic rings. The van der Waals surface area contributed by atoms with Gasteiger partial charge in [0.2, 0.25) is 0 Å². The van der Waals surface area contributed by atoms with Gasteiger partial charge in [-0.05, 0) is 55.7 Å². The normalized spacial score (nSPS) is 11.2. The van der Waals surface area contributed by atoms with Crippen LogP contribution in [0, 0.1) is 13.8 Å². The largest absolute Gasteiger partial charge is 0.356 e. The highest BCUT2D eigenvalue weighted by molar-refractivity contribution is 14.0. The van der Waals surface area contributed by atoms with E-state index in [1.807, 2.05) is 30.3 Å². The standard InChI is InChI=1S/C19H30N6S2.HI/c1-14-7-8-16(17(11-14)27-5)12-21-19(20-9-6-10-26-4)22-13-18-24-23-15(2)25(18)3;/h7-8,11H,6,9-10,12-13H2,1-5H3,(H2,20,21,22);1H. The Labute approximate surface area is 194 Å². The summed E-state index contributed by atoms with van der Waals surface area (Å²) in [7, 11) is 1.98. The Hall–Kier alpha value is -0.940. The molecule has 0 amide bonds. The molecule has 0 aliphatic rings. The zero-order valence-corrected chi connectivity index (χ0v) is 21.2. The first-order valence-corrected chi connectivity index (χ1v) is 11.7. The molecule has 0 saturated carbocycles. The Morgan fingerprint density at radius 2 is 1.96 bits per heavy atom. The third-order valence-electron chi connectivity index (χ3n) is 4.26. The summed E-state index contributed by atoms with van der Waals surface area (Å²) in [4.78, 5) is 6.08. The first-order valence-electron chi connectivity index (χ1n) is 9.04. The number of guanidine groups is 1. The minimum atomic E-state index is 0. The molecule has 0 radical (unpaired) electrons. The van der Waals surface area contributed by atoms with Gasteiger partial charge in [0, 0.05) is 18.5 Å². The van der Waals surface area contributed by atoms with Crippen molar-refractivity contribution >= 4 is 53.5 Å². The first kappa shape index (κ1) is 25.1. The Bertz CT molecular complexity index is 763. The molecule has 1 heterocycles. The molecule has 0 saturated heterocycles. The third kappa shape index (κ3) is 7.82. The molecule has 2 rings (SSSR count). The second-order valence-corrected chi connectivity index (χ2v) is 8.16. The SMILES string of the molecule is CSCCCNC(=NCc1ccc(C)cc1SC)NCc1nnc(C)n1C.I. The van der Waals surface area contributed by atoms with Gasteiger partial charge in [-0.3, -0.25) is 0 Å². The number of thioether (sulfide) groups is 2. The molecule has 9 heteroatoms. The fourth-order valence-electron chi connectivity index (χ4n) is 2.51. The van der Waals surface area contributed by atoms with Crippen LogP contribution in [0.4, 0.5) is 0 Å². The number of halogens is 1. The smallest absolute Gasteiger partial charge is 0.191 e. The van der Waals surface area contributed by atoms with Gasteiger partial charge in [0.05, 0.1) is 13.1 Å². The maximum absolute atomic E-state index is 4.80. The topological polar surface area (TPSA) is 67.1 Å². The summed E-state index contributed by atoms with van der Waals surface area (Å²) in [6.45, 7) is 6.21. The molecule has 6 nitrogen and oxygen atoms in total. The maximum atomic E-state index is 4.80. The van der Waals surface area contributed by atoms with Gasteiger partial charge in [0.15, 0.2) is 11.8 Å². The lowest BCUT2D eigenvalue weighted by atomic mass is 10.1.